The third kappa shape index (κ3) is 3.34. The van der Waals surface area contributed by atoms with Gasteiger partial charge in [0.25, 0.3) is 5.69 Å². The molecule has 0 fully saturated rings. The number of aldehydes is 1. The average Bonchev–Trinajstić information content (AvgIpc) is 2.24. The molecular weight excluding hydrogens is 210 g/mol. The molecule has 0 unspecified atom stereocenters. The summed E-state index contributed by atoms with van der Waals surface area (Å²) in [5.74, 6) is 0.592. The summed E-state index contributed by atoms with van der Waals surface area (Å²) in [5, 5.41) is 10.6. The van der Waals surface area contributed by atoms with Crippen molar-refractivity contribution in [3.05, 3.63) is 33.9 Å². The van der Waals surface area contributed by atoms with E-state index in [0.29, 0.717) is 30.8 Å². The van der Waals surface area contributed by atoms with Crippen molar-refractivity contribution < 1.29 is 14.5 Å². The van der Waals surface area contributed by atoms with Gasteiger partial charge in [-0.15, -0.1) is 0 Å². The highest BCUT2D eigenvalue weighted by Gasteiger charge is 2.10. The van der Waals surface area contributed by atoms with Crippen LogP contribution in [0.3, 0.4) is 0 Å². The highest BCUT2D eigenvalue weighted by Crippen LogP contribution is 2.23. The average molecular weight is 223 g/mol. The Labute approximate surface area is 93.2 Å². The zero-order chi connectivity index (χ0) is 12.0. The van der Waals surface area contributed by atoms with Crippen molar-refractivity contribution in [2.45, 2.75) is 19.8 Å². The third-order valence-electron chi connectivity index (χ3n) is 2.10. The summed E-state index contributed by atoms with van der Waals surface area (Å²) in [4.78, 5) is 20.2. The van der Waals surface area contributed by atoms with Crippen molar-refractivity contribution in [1.82, 2.24) is 0 Å². The van der Waals surface area contributed by atoms with E-state index in [1.54, 1.807) is 19.1 Å². The van der Waals surface area contributed by atoms with Crippen molar-refractivity contribution >= 4 is 12.0 Å². The summed E-state index contributed by atoms with van der Waals surface area (Å²) < 4.78 is 5.34. The first-order chi connectivity index (χ1) is 7.65. The molecule has 16 heavy (non-hydrogen) atoms. The van der Waals surface area contributed by atoms with Crippen molar-refractivity contribution in [3.63, 3.8) is 0 Å². The van der Waals surface area contributed by atoms with E-state index in [4.69, 9.17) is 4.74 Å². The Morgan fingerprint density at radius 3 is 2.81 bits per heavy atom. The van der Waals surface area contributed by atoms with E-state index < -0.39 is 4.92 Å². The lowest BCUT2D eigenvalue weighted by Crippen LogP contribution is -1.98. The predicted octanol–water partition coefficient (Wildman–Crippen LogP) is 2.26. The van der Waals surface area contributed by atoms with Crippen LogP contribution in [0.15, 0.2) is 18.2 Å². The number of carbonyl (C=O) groups excluding carboxylic acids is 1. The molecule has 0 spiro atoms. The highest BCUT2D eigenvalue weighted by atomic mass is 16.6. The quantitative estimate of drug-likeness (QED) is 0.321. The number of hydrogen-bond donors (Lipinski definition) is 0. The maximum atomic E-state index is 10.6. The van der Waals surface area contributed by atoms with Crippen LogP contribution in [-0.2, 0) is 4.79 Å². The normalized spacial score (nSPS) is 9.81. The molecule has 0 atom stereocenters. The minimum Gasteiger partial charge on any atom is -0.494 e. The zero-order valence-corrected chi connectivity index (χ0v) is 9.01. The number of ether oxygens (including phenoxy) is 1. The highest BCUT2D eigenvalue weighted by molar-refractivity contribution is 5.49. The maximum Gasteiger partial charge on any atom is 0.272 e. The fraction of sp³-hybridized carbons (Fsp3) is 0.364. The second-order valence-corrected chi connectivity index (χ2v) is 3.36. The lowest BCUT2D eigenvalue weighted by atomic mass is 10.2. The van der Waals surface area contributed by atoms with E-state index in [9.17, 15) is 14.9 Å². The molecule has 5 nitrogen and oxygen atoms in total. The van der Waals surface area contributed by atoms with Gasteiger partial charge in [0.1, 0.15) is 12.0 Å². The Hall–Kier alpha value is -1.91. The molecule has 86 valence electrons. The third-order valence-corrected chi connectivity index (χ3v) is 2.10. The van der Waals surface area contributed by atoms with Crippen molar-refractivity contribution in [3.8, 4) is 5.75 Å². The molecule has 5 heteroatoms. The lowest BCUT2D eigenvalue weighted by Gasteiger charge is -2.05. The minimum absolute atomic E-state index is 0.0836. The second kappa shape index (κ2) is 5.85. The number of aryl methyl sites for hydroxylation is 1. The molecule has 0 amide bonds. The molecule has 1 aromatic rings. The van der Waals surface area contributed by atoms with Crippen molar-refractivity contribution in [2.24, 2.45) is 0 Å². The summed E-state index contributed by atoms with van der Waals surface area (Å²) in [6.45, 7) is 2.10. The summed E-state index contributed by atoms with van der Waals surface area (Å²) in [6, 6.07) is 4.61. The van der Waals surface area contributed by atoms with E-state index in [2.05, 4.69) is 0 Å². The first kappa shape index (κ1) is 12.2. The van der Waals surface area contributed by atoms with E-state index in [1.807, 2.05) is 0 Å². The number of nitrogens with zero attached hydrogens (tertiary/aromatic N) is 1. The number of hydrogen-bond acceptors (Lipinski definition) is 4. The molecule has 0 radical (unpaired) electrons. The van der Waals surface area contributed by atoms with Crippen LogP contribution in [0.5, 0.6) is 5.75 Å². The van der Waals surface area contributed by atoms with Gasteiger partial charge >= 0.3 is 0 Å². The fourth-order valence-corrected chi connectivity index (χ4v) is 1.28. The second-order valence-electron chi connectivity index (χ2n) is 3.36. The Bertz CT molecular complexity index is 390. The largest absolute Gasteiger partial charge is 0.494 e. The van der Waals surface area contributed by atoms with Crippen LogP contribution in [-0.4, -0.2) is 17.8 Å². The molecule has 0 saturated heterocycles. The van der Waals surface area contributed by atoms with Gasteiger partial charge in [-0.25, -0.2) is 0 Å². The van der Waals surface area contributed by atoms with Gasteiger partial charge in [0.05, 0.1) is 11.5 Å². The molecule has 0 saturated carbocycles. The minimum atomic E-state index is -0.425. The topological polar surface area (TPSA) is 69.4 Å². The van der Waals surface area contributed by atoms with Gasteiger partial charge in [0, 0.05) is 18.1 Å². The van der Waals surface area contributed by atoms with E-state index >= 15 is 0 Å². The van der Waals surface area contributed by atoms with Crippen molar-refractivity contribution in [2.75, 3.05) is 6.61 Å². The molecule has 0 bridgehead atoms. The first-order valence-corrected chi connectivity index (χ1v) is 4.96. The SMILES string of the molecule is Cc1cc(OCCCC=O)ccc1[N+](=O)[O-]. The van der Waals surface area contributed by atoms with Gasteiger partial charge in [-0.05, 0) is 25.5 Å². The number of benzene rings is 1. The van der Waals surface area contributed by atoms with Crippen LogP contribution in [0.2, 0.25) is 0 Å². The molecule has 0 aliphatic heterocycles. The molecule has 0 aromatic heterocycles. The molecule has 0 aliphatic carbocycles. The molecule has 0 heterocycles. The lowest BCUT2D eigenvalue weighted by molar-refractivity contribution is -0.385. The van der Waals surface area contributed by atoms with Crippen LogP contribution in [0.25, 0.3) is 0 Å². The number of nitro groups is 1. The maximum absolute atomic E-state index is 10.6. The number of nitro benzene ring substituents is 1. The first-order valence-electron chi connectivity index (χ1n) is 4.96. The fourth-order valence-electron chi connectivity index (χ4n) is 1.28. The van der Waals surface area contributed by atoms with E-state index in [1.165, 1.54) is 6.07 Å². The Kier molecular flexibility index (Phi) is 4.44. The van der Waals surface area contributed by atoms with Gasteiger partial charge in [-0.1, -0.05) is 0 Å². The Morgan fingerprint density at radius 2 is 2.25 bits per heavy atom. The Morgan fingerprint density at radius 1 is 1.50 bits per heavy atom. The van der Waals surface area contributed by atoms with Gasteiger partial charge in [-0.3, -0.25) is 10.1 Å². The van der Waals surface area contributed by atoms with Gasteiger partial charge in [0.2, 0.25) is 0 Å². The molecule has 0 aliphatic rings. The van der Waals surface area contributed by atoms with Gasteiger partial charge in [0.15, 0.2) is 0 Å². The van der Waals surface area contributed by atoms with E-state index in [-0.39, 0.29) is 5.69 Å². The molecule has 1 aromatic carbocycles. The summed E-state index contributed by atoms with van der Waals surface area (Å²) >= 11 is 0. The Balaban J connectivity index is 2.59. The number of rotatable bonds is 6. The summed E-state index contributed by atoms with van der Waals surface area (Å²) in [6.07, 6.45) is 1.95. The van der Waals surface area contributed by atoms with Crippen LogP contribution >= 0.6 is 0 Å². The monoisotopic (exact) mass is 223 g/mol. The van der Waals surface area contributed by atoms with Crippen molar-refractivity contribution in [1.29, 1.82) is 0 Å². The zero-order valence-electron chi connectivity index (χ0n) is 9.01. The van der Waals surface area contributed by atoms with E-state index in [0.717, 1.165) is 6.29 Å². The predicted molar refractivity (Wildman–Crippen MR) is 58.6 cm³/mol. The smallest absolute Gasteiger partial charge is 0.272 e. The van der Waals surface area contributed by atoms with Crippen LogP contribution in [0.4, 0.5) is 5.69 Å². The number of unbranched alkanes of at least 4 members (excludes halogenated alkanes) is 1. The molecule has 1 rings (SSSR count). The van der Waals surface area contributed by atoms with Crippen LogP contribution in [0, 0.1) is 17.0 Å². The molecular formula is C11H13NO4. The van der Waals surface area contributed by atoms with Crippen LogP contribution in [0.1, 0.15) is 18.4 Å². The standard InChI is InChI=1S/C11H13NO4/c1-9-8-10(16-7-3-2-6-13)4-5-11(9)12(14)15/h4-6,8H,2-3,7H2,1H3. The summed E-state index contributed by atoms with van der Waals surface area (Å²) in [5.41, 5.74) is 0.651. The summed E-state index contributed by atoms with van der Waals surface area (Å²) in [7, 11) is 0. The van der Waals surface area contributed by atoms with Gasteiger partial charge in [-0.2, -0.15) is 0 Å². The van der Waals surface area contributed by atoms with Gasteiger partial charge < -0.3 is 9.53 Å². The molecule has 0 N–H and O–H groups in total. The number of carbonyl (C=O) groups is 1. The van der Waals surface area contributed by atoms with Crippen LogP contribution < -0.4 is 4.74 Å².